The number of nitrogens with zero attached hydrogens (tertiary/aromatic N) is 2. The molecular formula is C16H14N2. The van der Waals surface area contributed by atoms with E-state index in [1.807, 2.05) is 54.7 Å². The molecule has 0 radical (unpaired) electrons. The monoisotopic (exact) mass is 234 g/mol. The second kappa shape index (κ2) is 6.27. The summed E-state index contributed by atoms with van der Waals surface area (Å²) >= 11 is 0. The van der Waals surface area contributed by atoms with Gasteiger partial charge in [0.25, 0.3) is 0 Å². The average Bonchev–Trinajstić information content (AvgIpc) is 2.45. The molecule has 0 aliphatic carbocycles. The van der Waals surface area contributed by atoms with Crippen molar-refractivity contribution in [2.45, 2.75) is 6.54 Å². The van der Waals surface area contributed by atoms with E-state index in [0.717, 1.165) is 12.2 Å². The maximum Gasteiger partial charge on any atom is 0.169 e. The molecule has 0 N–H and O–H groups in total. The van der Waals surface area contributed by atoms with E-state index in [9.17, 15) is 0 Å². The largest absolute Gasteiger partial charge is 0.354 e. The van der Waals surface area contributed by atoms with Gasteiger partial charge in [-0.15, -0.1) is 0 Å². The van der Waals surface area contributed by atoms with Crippen LogP contribution in [0.2, 0.25) is 0 Å². The minimum Gasteiger partial charge on any atom is -0.354 e. The summed E-state index contributed by atoms with van der Waals surface area (Å²) in [5.74, 6) is 0. The summed E-state index contributed by atoms with van der Waals surface area (Å²) in [6.45, 7) is 7.61. The zero-order valence-corrected chi connectivity index (χ0v) is 10.0. The molecule has 2 nitrogen and oxygen atoms in total. The van der Waals surface area contributed by atoms with E-state index in [0.29, 0.717) is 0 Å². The van der Waals surface area contributed by atoms with Crippen LogP contribution in [0.4, 0.5) is 5.69 Å². The number of rotatable bonds is 4. The first-order valence-corrected chi connectivity index (χ1v) is 5.79. The van der Waals surface area contributed by atoms with Crippen LogP contribution in [0, 0.1) is 6.57 Å². The summed E-state index contributed by atoms with van der Waals surface area (Å²) < 4.78 is 0. The first kappa shape index (κ1) is 11.9. The van der Waals surface area contributed by atoms with Gasteiger partial charge in [-0.2, -0.15) is 0 Å². The number of hydrogen-bond acceptors (Lipinski definition) is 1. The molecule has 2 aromatic rings. The van der Waals surface area contributed by atoms with Crippen molar-refractivity contribution in [1.82, 2.24) is 0 Å². The number of anilines is 1. The highest BCUT2D eigenvalue weighted by Crippen LogP contribution is 2.17. The molecule has 0 bridgehead atoms. The molecule has 2 aromatic carbocycles. The van der Waals surface area contributed by atoms with E-state index < -0.39 is 0 Å². The van der Waals surface area contributed by atoms with Crippen molar-refractivity contribution >= 4 is 5.69 Å². The first-order valence-electron chi connectivity index (χ1n) is 5.79. The van der Waals surface area contributed by atoms with Crippen LogP contribution in [0.5, 0.6) is 0 Å². The van der Waals surface area contributed by atoms with Crippen LogP contribution in [-0.2, 0) is 6.54 Å². The molecule has 88 valence electrons. The van der Waals surface area contributed by atoms with E-state index in [2.05, 4.69) is 21.9 Å². The van der Waals surface area contributed by atoms with E-state index in [1.54, 1.807) is 0 Å². The standard InChI is InChI=1S/C16H14N2/c1-17-12-13-18(16-10-6-3-7-11-16)14-15-8-4-2-5-9-15/h2-13H,14H2/b13-12+. The van der Waals surface area contributed by atoms with E-state index in [-0.39, 0.29) is 0 Å². The lowest BCUT2D eigenvalue weighted by Crippen LogP contribution is -2.14. The highest BCUT2D eigenvalue weighted by Gasteiger charge is 2.02. The Hall–Kier alpha value is -2.53. The normalized spacial score (nSPS) is 10.2. The maximum atomic E-state index is 6.85. The summed E-state index contributed by atoms with van der Waals surface area (Å²) in [5.41, 5.74) is 2.30. The van der Waals surface area contributed by atoms with E-state index >= 15 is 0 Å². The Bertz CT molecular complexity index is 538. The van der Waals surface area contributed by atoms with Gasteiger partial charge in [0, 0.05) is 18.4 Å². The number of hydrogen-bond donors (Lipinski definition) is 0. The fourth-order valence-electron chi connectivity index (χ4n) is 1.74. The molecule has 0 spiro atoms. The molecule has 0 fully saturated rings. The van der Waals surface area contributed by atoms with Gasteiger partial charge in [-0.25, -0.2) is 4.85 Å². The third-order valence-corrected chi connectivity index (χ3v) is 2.60. The molecule has 0 amide bonds. The first-order chi connectivity index (χ1) is 8.90. The molecule has 0 aliphatic rings. The van der Waals surface area contributed by atoms with Gasteiger partial charge in [0.15, 0.2) is 6.20 Å². The van der Waals surface area contributed by atoms with Gasteiger partial charge >= 0.3 is 0 Å². The van der Waals surface area contributed by atoms with Crippen molar-refractivity contribution in [3.05, 3.63) is 90.0 Å². The quantitative estimate of drug-likeness (QED) is 0.723. The molecule has 0 aromatic heterocycles. The lowest BCUT2D eigenvalue weighted by molar-refractivity contribution is 0.967. The Morgan fingerprint density at radius 2 is 1.56 bits per heavy atom. The number of benzene rings is 2. The van der Waals surface area contributed by atoms with Gasteiger partial charge < -0.3 is 4.90 Å². The Kier molecular flexibility index (Phi) is 4.16. The van der Waals surface area contributed by atoms with Crippen molar-refractivity contribution in [3.8, 4) is 0 Å². The molecular weight excluding hydrogens is 220 g/mol. The van der Waals surface area contributed by atoms with Crippen LogP contribution >= 0.6 is 0 Å². The fraction of sp³-hybridized carbons (Fsp3) is 0.0625. The molecule has 0 atom stereocenters. The summed E-state index contributed by atoms with van der Waals surface area (Å²) in [5, 5.41) is 0. The highest BCUT2D eigenvalue weighted by molar-refractivity contribution is 5.49. The molecule has 0 unspecified atom stereocenters. The molecule has 18 heavy (non-hydrogen) atoms. The minimum absolute atomic E-state index is 0.761. The Balaban J connectivity index is 2.22. The second-order valence-electron chi connectivity index (χ2n) is 3.88. The van der Waals surface area contributed by atoms with Crippen molar-refractivity contribution in [2.24, 2.45) is 0 Å². The Morgan fingerprint density at radius 3 is 2.17 bits per heavy atom. The summed E-state index contributed by atoms with van der Waals surface area (Å²) in [7, 11) is 0. The minimum atomic E-state index is 0.761. The lowest BCUT2D eigenvalue weighted by atomic mass is 10.2. The number of para-hydroxylation sites is 1. The van der Waals surface area contributed by atoms with E-state index in [4.69, 9.17) is 6.57 Å². The van der Waals surface area contributed by atoms with Crippen LogP contribution in [0.25, 0.3) is 4.85 Å². The third-order valence-electron chi connectivity index (χ3n) is 2.60. The van der Waals surface area contributed by atoms with Gasteiger partial charge in [-0.1, -0.05) is 48.5 Å². The van der Waals surface area contributed by atoms with Gasteiger partial charge in [0.1, 0.15) is 0 Å². The SMILES string of the molecule is [C-]#[N+]/C=C/N(Cc1ccccc1)c1ccccc1. The molecule has 0 saturated carbocycles. The maximum absolute atomic E-state index is 6.85. The molecule has 0 aliphatic heterocycles. The molecule has 0 heterocycles. The zero-order valence-electron chi connectivity index (χ0n) is 10.0. The Labute approximate surface area is 108 Å². The third kappa shape index (κ3) is 3.23. The van der Waals surface area contributed by atoms with Crippen LogP contribution in [0.1, 0.15) is 5.56 Å². The summed E-state index contributed by atoms with van der Waals surface area (Å²) in [6.07, 6.45) is 3.30. The van der Waals surface area contributed by atoms with Crippen molar-refractivity contribution < 1.29 is 0 Å². The van der Waals surface area contributed by atoms with E-state index in [1.165, 1.54) is 11.8 Å². The van der Waals surface area contributed by atoms with Crippen LogP contribution in [-0.4, -0.2) is 0 Å². The predicted octanol–water partition coefficient (Wildman–Crippen LogP) is 4.08. The van der Waals surface area contributed by atoms with Crippen LogP contribution in [0.15, 0.2) is 73.1 Å². The molecule has 2 rings (SSSR count). The highest BCUT2D eigenvalue weighted by atomic mass is 15.1. The second-order valence-corrected chi connectivity index (χ2v) is 3.88. The molecule has 0 saturated heterocycles. The Morgan fingerprint density at radius 1 is 0.944 bits per heavy atom. The van der Waals surface area contributed by atoms with Crippen molar-refractivity contribution in [2.75, 3.05) is 4.90 Å². The lowest BCUT2D eigenvalue weighted by Gasteiger charge is -2.20. The van der Waals surface area contributed by atoms with Gasteiger partial charge in [-0.05, 0) is 17.7 Å². The average molecular weight is 234 g/mol. The van der Waals surface area contributed by atoms with Gasteiger partial charge in [0.2, 0.25) is 0 Å². The predicted molar refractivity (Wildman–Crippen MR) is 74.8 cm³/mol. The van der Waals surface area contributed by atoms with Crippen LogP contribution < -0.4 is 4.90 Å². The molecule has 2 heteroatoms. The fourth-order valence-corrected chi connectivity index (χ4v) is 1.74. The summed E-state index contributed by atoms with van der Waals surface area (Å²) in [6, 6.07) is 20.3. The smallest absolute Gasteiger partial charge is 0.169 e. The summed E-state index contributed by atoms with van der Waals surface area (Å²) in [4.78, 5) is 5.33. The van der Waals surface area contributed by atoms with Gasteiger partial charge in [0.05, 0.1) is 6.57 Å². The van der Waals surface area contributed by atoms with Crippen molar-refractivity contribution in [3.63, 3.8) is 0 Å². The topological polar surface area (TPSA) is 7.60 Å². The van der Waals surface area contributed by atoms with Crippen molar-refractivity contribution in [1.29, 1.82) is 0 Å². The zero-order chi connectivity index (χ0) is 12.6. The van der Waals surface area contributed by atoms with Gasteiger partial charge in [-0.3, -0.25) is 0 Å². The van der Waals surface area contributed by atoms with Crippen LogP contribution in [0.3, 0.4) is 0 Å².